The van der Waals surface area contributed by atoms with E-state index in [-0.39, 0.29) is 17.9 Å². The number of rotatable bonds is 4. The molecule has 1 aromatic carbocycles. The third kappa shape index (κ3) is 4.20. The number of hydrogen-bond donors (Lipinski definition) is 2. The van der Waals surface area contributed by atoms with Crippen LogP contribution in [0.1, 0.15) is 28.9 Å². The van der Waals surface area contributed by atoms with E-state index < -0.39 is 6.04 Å². The number of piperazine rings is 1. The Kier molecular flexibility index (Phi) is 5.85. The average molecular weight is 373 g/mol. The SMILES string of the molecule is CC(NC(=O)c1ccc(Cl)cc1)C(=O)N1CCNCC1c1cccnc1. The molecular weight excluding hydrogens is 352 g/mol. The number of aromatic nitrogens is 1. The topological polar surface area (TPSA) is 74.3 Å². The van der Waals surface area contributed by atoms with Crippen molar-refractivity contribution < 1.29 is 9.59 Å². The van der Waals surface area contributed by atoms with Gasteiger partial charge in [-0.25, -0.2) is 0 Å². The maximum absolute atomic E-state index is 12.9. The maximum Gasteiger partial charge on any atom is 0.251 e. The Hall–Kier alpha value is -2.44. The normalized spacial score (nSPS) is 18.2. The summed E-state index contributed by atoms with van der Waals surface area (Å²) in [6, 6.07) is 9.67. The zero-order chi connectivity index (χ0) is 18.5. The molecule has 0 bridgehead atoms. The molecule has 2 atom stereocenters. The van der Waals surface area contributed by atoms with Gasteiger partial charge in [-0.05, 0) is 42.8 Å². The first kappa shape index (κ1) is 18.4. The molecule has 6 nitrogen and oxygen atoms in total. The van der Waals surface area contributed by atoms with Crippen molar-refractivity contribution in [3.63, 3.8) is 0 Å². The number of benzene rings is 1. The zero-order valence-electron chi connectivity index (χ0n) is 14.5. The van der Waals surface area contributed by atoms with Gasteiger partial charge in [0.1, 0.15) is 6.04 Å². The van der Waals surface area contributed by atoms with Crippen molar-refractivity contribution in [2.24, 2.45) is 0 Å². The lowest BCUT2D eigenvalue weighted by Gasteiger charge is -2.38. The third-order valence-electron chi connectivity index (χ3n) is 4.42. The van der Waals surface area contributed by atoms with Crippen LogP contribution in [0.4, 0.5) is 0 Å². The molecule has 0 radical (unpaired) electrons. The van der Waals surface area contributed by atoms with Gasteiger partial charge in [0.2, 0.25) is 5.91 Å². The minimum Gasteiger partial charge on any atom is -0.341 e. The van der Waals surface area contributed by atoms with Crippen molar-refractivity contribution in [2.45, 2.75) is 19.0 Å². The summed E-state index contributed by atoms with van der Waals surface area (Å²) >= 11 is 5.84. The molecule has 7 heteroatoms. The van der Waals surface area contributed by atoms with Crippen LogP contribution in [0, 0.1) is 0 Å². The Morgan fingerprint density at radius 3 is 2.77 bits per heavy atom. The summed E-state index contributed by atoms with van der Waals surface area (Å²) in [5.74, 6) is -0.404. The summed E-state index contributed by atoms with van der Waals surface area (Å²) in [6.45, 7) is 3.67. The molecule has 1 fully saturated rings. The minimum atomic E-state index is -0.629. The highest BCUT2D eigenvalue weighted by atomic mass is 35.5. The van der Waals surface area contributed by atoms with Crippen LogP contribution in [0.2, 0.25) is 5.02 Å². The first-order valence-electron chi connectivity index (χ1n) is 8.54. The fraction of sp³-hybridized carbons (Fsp3) is 0.316. The van der Waals surface area contributed by atoms with E-state index in [1.54, 1.807) is 48.5 Å². The van der Waals surface area contributed by atoms with Crippen LogP contribution in [0.15, 0.2) is 48.8 Å². The van der Waals surface area contributed by atoms with E-state index in [1.807, 2.05) is 12.1 Å². The van der Waals surface area contributed by atoms with Crippen LogP contribution >= 0.6 is 11.6 Å². The van der Waals surface area contributed by atoms with Gasteiger partial charge in [0.25, 0.3) is 5.91 Å². The number of carbonyl (C=O) groups is 2. The molecule has 136 valence electrons. The Morgan fingerprint density at radius 2 is 2.08 bits per heavy atom. The first-order chi connectivity index (χ1) is 12.6. The quantitative estimate of drug-likeness (QED) is 0.861. The van der Waals surface area contributed by atoms with Crippen molar-refractivity contribution in [3.8, 4) is 0 Å². The monoisotopic (exact) mass is 372 g/mol. The molecule has 0 spiro atoms. The fourth-order valence-corrected chi connectivity index (χ4v) is 3.16. The zero-order valence-corrected chi connectivity index (χ0v) is 15.2. The molecule has 3 rings (SSSR count). The summed E-state index contributed by atoms with van der Waals surface area (Å²) in [5.41, 5.74) is 1.45. The van der Waals surface area contributed by atoms with Gasteiger partial charge < -0.3 is 15.5 Å². The van der Waals surface area contributed by atoms with Crippen molar-refractivity contribution in [3.05, 3.63) is 64.9 Å². The summed E-state index contributed by atoms with van der Waals surface area (Å²) in [6.07, 6.45) is 3.48. The van der Waals surface area contributed by atoms with Gasteiger partial charge in [0, 0.05) is 42.6 Å². The predicted molar refractivity (Wildman–Crippen MR) is 99.9 cm³/mol. The molecule has 1 aromatic heterocycles. The highest BCUT2D eigenvalue weighted by Gasteiger charge is 2.31. The maximum atomic E-state index is 12.9. The minimum absolute atomic E-state index is 0.0974. The number of carbonyl (C=O) groups excluding carboxylic acids is 2. The summed E-state index contributed by atoms with van der Waals surface area (Å²) in [4.78, 5) is 31.3. The van der Waals surface area contributed by atoms with Crippen LogP contribution in [0.5, 0.6) is 0 Å². The second kappa shape index (κ2) is 8.29. The van der Waals surface area contributed by atoms with Gasteiger partial charge >= 0.3 is 0 Å². The molecule has 2 amide bonds. The number of halogens is 1. The lowest BCUT2D eigenvalue weighted by atomic mass is 10.0. The summed E-state index contributed by atoms with van der Waals surface area (Å²) in [7, 11) is 0. The molecule has 0 aliphatic carbocycles. The van der Waals surface area contributed by atoms with Crippen LogP contribution in [0.3, 0.4) is 0 Å². The molecule has 2 unspecified atom stereocenters. The fourth-order valence-electron chi connectivity index (χ4n) is 3.03. The van der Waals surface area contributed by atoms with E-state index in [1.165, 1.54) is 0 Å². The van der Waals surface area contributed by atoms with E-state index in [4.69, 9.17) is 11.6 Å². The standard InChI is InChI=1S/C19H21ClN4O2/c1-13(23-18(25)14-4-6-16(20)7-5-14)19(26)24-10-9-22-12-17(24)15-3-2-8-21-11-15/h2-8,11,13,17,22H,9-10,12H2,1H3,(H,23,25). The number of amides is 2. The van der Waals surface area contributed by atoms with Crippen LogP contribution in [-0.4, -0.2) is 47.4 Å². The van der Waals surface area contributed by atoms with Crippen molar-refractivity contribution >= 4 is 23.4 Å². The molecule has 2 heterocycles. The number of nitrogens with zero attached hydrogens (tertiary/aromatic N) is 2. The highest BCUT2D eigenvalue weighted by Crippen LogP contribution is 2.22. The highest BCUT2D eigenvalue weighted by molar-refractivity contribution is 6.30. The number of nitrogens with one attached hydrogen (secondary N) is 2. The van der Waals surface area contributed by atoms with Gasteiger partial charge in [-0.2, -0.15) is 0 Å². The number of hydrogen-bond acceptors (Lipinski definition) is 4. The molecule has 26 heavy (non-hydrogen) atoms. The van der Waals surface area contributed by atoms with Gasteiger partial charge in [-0.3, -0.25) is 14.6 Å². The van der Waals surface area contributed by atoms with Gasteiger partial charge in [0.15, 0.2) is 0 Å². The molecule has 1 aliphatic rings. The Balaban J connectivity index is 1.70. The second-order valence-corrected chi connectivity index (χ2v) is 6.68. The van der Waals surface area contributed by atoms with Gasteiger partial charge in [-0.15, -0.1) is 0 Å². The van der Waals surface area contributed by atoms with E-state index >= 15 is 0 Å². The third-order valence-corrected chi connectivity index (χ3v) is 4.67. The van der Waals surface area contributed by atoms with E-state index in [9.17, 15) is 9.59 Å². The second-order valence-electron chi connectivity index (χ2n) is 6.24. The lowest BCUT2D eigenvalue weighted by molar-refractivity contribution is -0.136. The van der Waals surface area contributed by atoms with Crippen LogP contribution in [0.25, 0.3) is 0 Å². The van der Waals surface area contributed by atoms with Gasteiger partial charge in [0.05, 0.1) is 6.04 Å². The van der Waals surface area contributed by atoms with Gasteiger partial charge in [-0.1, -0.05) is 17.7 Å². The smallest absolute Gasteiger partial charge is 0.251 e. The molecule has 2 N–H and O–H groups in total. The van der Waals surface area contributed by atoms with Crippen molar-refractivity contribution in [1.82, 2.24) is 20.5 Å². The summed E-state index contributed by atoms with van der Waals surface area (Å²) in [5, 5.41) is 6.64. The number of pyridine rings is 1. The molecule has 0 saturated carbocycles. The molecule has 1 aliphatic heterocycles. The van der Waals surface area contributed by atoms with Crippen LogP contribution < -0.4 is 10.6 Å². The lowest BCUT2D eigenvalue weighted by Crippen LogP contribution is -2.54. The van der Waals surface area contributed by atoms with Crippen molar-refractivity contribution in [2.75, 3.05) is 19.6 Å². The largest absolute Gasteiger partial charge is 0.341 e. The molecule has 2 aromatic rings. The van der Waals surface area contributed by atoms with Crippen LogP contribution in [-0.2, 0) is 4.79 Å². The summed E-state index contributed by atoms with van der Waals surface area (Å²) < 4.78 is 0. The molecular formula is C19H21ClN4O2. The predicted octanol–water partition coefficient (Wildman–Crippen LogP) is 2.03. The van der Waals surface area contributed by atoms with Crippen molar-refractivity contribution in [1.29, 1.82) is 0 Å². The van der Waals surface area contributed by atoms with E-state index in [0.717, 1.165) is 12.1 Å². The Morgan fingerprint density at radius 1 is 1.31 bits per heavy atom. The van der Waals surface area contributed by atoms with E-state index in [0.29, 0.717) is 23.7 Å². The average Bonchev–Trinajstić information content (AvgIpc) is 2.68. The Bertz CT molecular complexity index is 767. The Labute approximate surface area is 157 Å². The molecule has 1 saturated heterocycles. The van der Waals surface area contributed by atoms with E-state index in [2.05, 4.69) is 15.6 Å². The first-order valence-corrected chi connectivity index (χ1v) is 8.91.